The molecule has 2 aliphatic rings. The van der Waals surface area contributed by atoms with Gasteiger partial charge in [0.15, 0.2) is 9.84 Å². The van der Waals surface area contributed by atoms with Gasteiger partial charge in [-0.05, 0) is 37.3 Å². The van der Waals surface area contributed by atoms with Crippen molar-refractivity contribution in [2.45, 2.75) is 56.2 Å². The third-order valence-corrected chi connectivity index (χ3v) is 8.44. The van der Waals surface area contributed by atoms with Gasteiger partial charge >= 0.3 is 0 Å². The van der Waals surface area contributed by atoms with Crippen molar-refractivity contribution in [1.82, 2.24) is 10.2 Å². The fourth-order valence-corrected chi connectivity index (χ4v) is 6.84. The number of anilines is 1. The zero-order chi connectivity index (χ0) is 21.0. The molecule has 7 nitrogen and oxygen atoms in total. The van der Waals surface area contributed by atoms with Gasteiger partial charge in [0, 0.05) is 18.2 Å². The molecule has 4 rings (SSSR count). The first kappa shape index (κ1) is 21.4. The molecule has 1 atom stereocenters. The molecule has 2 fully saturated rings. The molecular weight excluding hydrogens is 422 g/mol. The zero-order valence-corrected chi connectivity index (χ0v) is 18.5. The Hall–Kier alpha value is -1.87. The van der Waals surface area contributed by atoms with Crippen LogP contribution in [0, 0.1) is 5.92 Å². The Labute approximate surface area is 181 Å². The van der Waals surface area contributed by atoms with E-state index in [9.17, 15) is 13.2 Å². The van der Waals surface area contributed by atoms with Gasteiger partial charge in [0.05, 0.1) is 17.3 Å². The van der Waals surface area contributed by atoms with Gasteiger partial charge in [0.2, 0.25) is 11.8 Å². The van der Waals surface area contributed by atoms with Crippen LogP contribution in [0.1, 0.15) is 44.4 Å². The lowest BCUT2D eigenvalue weighted by Crippen LogP contribution is -2.42. The van der Waals surface area contributed by atoms with E-state index in [2.05, 4.69) is 10.2 Å². The van der Waals surface area contributed by atoms with E-state index < -0.39 is 9.84 Å². The standard InChI is InChI=1S/C21H27N3O4S2/c25-20(24(17-7-3-1-4-8-17)18-9-5-2-6-10-18)14-29-21-23-22-19(28-21)13-16-11-12-30(26,27)15-16/h1,3-4,7-8,16,18H,2,5-6,9-15H2/t16-/m0/s1. The van der Waals surface area contributed by atoms with Crippen molar-refractivity contribution in [3.05, 3.63) is 36.2 Å². The maximum Gasteiger partial charge on any atom is 0.277 e. The Morgan fingerprint density at radius 3 is 2.57 bits per heavy atom. The van der Waals surface area contributed by atoms with E-state index in [1.54, 1.807) is 0 Å². The molecule has 0 radical (unpaired) electrons. The second-order valence-electron chi connectivity index (χ2n) is 8.11. The molecule has 162 valence electrons. The summed E-state index contributed by atoms with van der Waals surface area (Å²) in [7, 11) is -2.92. The van der Waals surface area contributed by atoms with Gasteiger partial charge < -0.3 is 9.32 Å². The van der Waals surface area contributed by atoms with Crippen LogP contribution in [0.4, 0.5) is 5.69 Å². The minimum Gasteiger partial charge on any atom is -0.416 e. The van der Waals surface area contributed by atoms with Crippen LogP contribution in [0.2, 0.25) is 0 Å². The average Bonchev–Trinajstić information content (AvgIpc) is 3.34. The van der Waals surface area contributed by atoms with Gasteiger partial charge in [-0.2, -0.15) is 0 Å². The van der Waals surface area contributed by atoms with E-state index in [0.29, 0.717) is 24.0 Å². The summed E-state index contributed by atoms with van der Waals surface area (Å²) in [5.74, 6) is 1.17. The lowest BCUT2D eigenvalue weighted by atomic mass is 9.93. The fourth-order valence-electron chi connectivity index (χ4n) is 4.34. The van der Waals surface area contributed by atoms with Gasteiger partial charge in [-0.3, -0.25) is 4.79 Å². The minimum atomic E-state index is -2.92. The third kappa shape index (κ3) is 5.43. The van der Waals surface area contributed by atoms with Gasteiger partial charge in [-0.1, -0.05) is 49.2 Å². The van der Waals surface area contributed by atoms with Gasteiger partial charge in [-0.15, -0.1) is 10.2 Å². The van der Waals surface area contributed by atoms with E-state index >= 15 is 0 Å². The third-order valence-electron chi connectivity index (χ3n) is 5.80. The maximum atomic E-state index is 13.1. The molecule has 1 saturated carbocycles. The molecule has 1 saturated heterocycles. The highest BCUT2D eigenvalue weighted by molar-refractivity contribution is 7.99. The Balaban J connectivity index is 1.37. The van der Waals surface area contributed by atoms with Crippen LogP contribution in [0.15, 0.2) is 40.0 Å². The highest BCUT2D eigenvalue weighted by atomic mass is 32.2. The topological polar surface area (TPSA) is 93.4 Å². The summed E-state index contributed by atoms with van der Waals surface area (Å²) >= 11 is 1.24. The average molecular weight is 450 g/mol. The van der Waals surface area contributed by atoms with Gasteiger partial charge in [0.25, 0.3) is 5.22 Å². The van der Waals surface area contributed by atoms with Crippen LogP contribution in [-0.2, 0) is 21.1 Å². The number of amides is 1. The van der Waals surface area contributed by atoms with E-state index in [0.717, 1.165) is 31.4 Å². The molecule has 0 N–H and O–H groups in total. The smallest absolute Gasteiger partial charge is 0.277 e. The van der Waals surface area contributed by atoms with Crippen LogP contribution >= 0.6 is 11.8 Å². The zero-order valence-electron chi connectivity index (χ0n) is 16.9. The molecule has 1 amide bonds. The first-order valence-corrected chi connectivity index (χ1v) is 13.3. The summed E-state index contributed by atoms with van der Waals surface area (Å²) in [5, 5.41) is 8.44. The molecular formula is C21H27N3O4S2. The molecule has 1 aliphatic heterocycles. The van der Waals surface area contributed by atoms with Crippen LogP contribution < -0.4 is 4.90 Å². The van der Waals surface area contributed by atoms with E-state index in [1.807, 2.05) is 35.2 Å². The first-order chi connectivity index (χ1) is 14.5. The van der Waals surface area contributed by atoms with Crippen molar-refractivity contribution in [2.24, 2.45) is 5.92 Å². The number of carbonyl (C=O) groups excluding carboxylic acids is 1. The molecule has 2 aromatic rings. The van der Waals surface area contributed by atoms with Crippen molar-refractivity contribution >= 4 is 33.2 Å². The van der Waals surface area contributed by atoms with E-state index in [4.69, 9.17) is 4.42 Å². The fraction of sp³-hybridized carbons (Fsp3) is 0.571. The first-order valence-electron chi connectivity index (χ1n) is 10.5. The van der Waals surface area contributed by atoms with Crippen molar-refractivity contribution in [2.75, 3.05) is 22.2 Å². The predicted molar refractivity (Wildman–Crippen MR) is 116 cm³/mol. The van der Waals surface area contributed by atoms with Crippen LogP contribution in [-0.4, -0.2) is 47.8 Å². The lowest BCUT2D eigenvalue weighted by Gasteiger charge is -2.34. The lowest BCUT2D eigenvalue weighted by molar-refractivity contribution is -0.116. The number of sulfone groups is 1. The highest BCUT2D eigenvalue weighted by Crippen LogP contribution is 2.29. The SMILES string of the molecule is O=C(CSc1nnc(C[C@@H]2CCS(=O)(=O)C2)o1)N(c1ccccc1)C1CCCCC1. The summed E-state index contributed by atoms with van der Waals surface area (Å²) in [6.07, 6.45) is 6.70. The van der Waals surface area contributed by atoms with Crippen molar-refractivity contribution in [3.63, 3.8) is 0 Å². The van der Waals surface area contributed by atoms with E-state index in [1.165, 1.54) is 18.2 Å². The van der Waals surface area contributed by atoms with Gasteiger partial charge in [-0.25, -0.2) is 8.42 Å². The van der Waals surface area contributed by atoms with Gasteiger partial charge in [0.1, 0.15) is 0 Å². The number of para-hydroxylation sites is 1. The maximum absolute atomic E-state index is 13.1. The predicted octanol–water partition coefficient (Wildman–Crippen LogP) is 3.50. The van der Waals surface area contributed by atoms with Crippen LogP contribution in [0.25, 0.3) is 0 Å². The normalized spacial score (nSPS) is 21.5. The van der Waals surface area contributed by atoms with Crippen molar-refractivity contribution < 1.29 is 17.6 Å². The second-order valence-corrected chi connectivity index (χ2v) is 11.3. The summed E-state index contributed by atoms with van der Waals surface area (Å²) in [6.45, 7) is 0. The second kappa shape index (κ2) is 9.51. The summed E-state index contributed by atoms with van der Waals surface area (Å²) in [5.41, 5.74) is 0.934. The number of aromatic nitrogens is 2. The number of thioether (sulfide) groups is 1. The molecule has 0 unspecified atom stereocenters. The number of nitrogens with zero attached hydrogens (tertiary/aromatic N) is 3. The highest BCUT2D eigenvalue weighted by Gasteiger charge is 2.30. The Kier molecular flexibility index (Phi) is 6.77. The molecule has 9 heteroatoms. The molecule has 30 heavy (non-hydrogen) atoms. The summed E-state index contributed by atoms with van der Waals surface area (Å²) in [4.78, 5) is 15.1. The minimum absolute atomic E-state index is 0.0369. The van der Waals surface area contributed by atoms with E-state index in [-0.39, 0.29) is 35.1 Å². The van der Waals surface area contributed by atoms with Crippen molar-refractivity contribution in [1.29, 1.82) is 0 Å². The molecule has 0 spiro atoms. The molecule has 1 aromatic carbocycles. The largest absolute Gasteiger partial charge is 0.416 e. The van der Waals surface area contributed by atoms with Crippen LogP contribution in [0.3, 0.4) is 0 Å². The Morgan fingerprint density at radius 2 is 1.87 bits per heavy atom. The number of hydrogen-bond acceptors (Lipinski definition) is 7. The molecule has 1 aliphatic carbocycles. The van der Waals surface area contributed by atoms with Crippen LogP contribution in [0.5, 0.6) is 0 Å². The van der Waals surface area contributed by atoms with Crippen molar-refractivity contribution in [3.8, 4) is 0 Å². The quantitative estimate of drug-likeness (QED) is 0.597. The number of carbonyl (C=O) groups is 1. The Bertz CT molecular complexity index is 956. The molecule has 1 aromatic heterocycles. The molecule has 0 bridgehead atoms. The number of benzene rings is 1. The number of hydrogen-bond donors (Lipinski definition) is 0. The number of rotatable bonds is 7. The summed E-state index contributed by atoms with van der Waals surface area (Å²) < 4.78 is 28.9. The molecule has 2 heterocycles. The summed E-state index contributed by atoms with van der Waals surface area (Å²) in [6, 6.07) is 10.1. The monoisotopic (exact) mass is 449 g/mol. The Morgan fingerprint density at radius 1 is 1.10 bits per heavy atom.